The number of aromatic nitrogens is 2. The van der Waals surface area contributed by atoms with Crippen molar-refractivity contribution in [2.75, 3.05) is 11.9 Å². The molecular formula is C13H17N3. The summed E-state index contributed by atoms with van der Waals surface area (Å²) in [5.74, 6) is 1.08. The lowest BCUT2D eigenvalue weighted by Gasteiger charge is -2.05. The van der Waals surface area contributed by atoms with E-state index in [1.54, 1.807) is 6.20 Å². The van der Waals surface area contributed by atoms with E-state index in [1.807, 2.05) is 24.4 Å². The van der Waals surface area contributed by atoms with Crippen LogP contribution in [0.25, 0.3) is 0 Å². The highest BCUT2D eigenvalue weighted by Gasteiger charge is 1.94. The zero-order valence-corrected chi connectivity index (χ0v) is 9.32. The fraction of sp³-hybridized carbons (Fsp3) is 0.308. The molecule has 0 saturated carbocycles. The third-order valence-electron chi connectivity index (χ3n) is 2.50. The molecule has 0 spiro atoms. The average Bonchev–Trinajstić information content (AvgIpc) is 2.83. The first-order valence-corrected chi connectivity index (χ1v) is 5.72. The molecule has 0 aliphatic heterocycles. The van der Waals surface area contributed by atoms with Crippen molar-refractivity contribution in [1.29, 1.82) is 0 Å². The first-order chi connectivity index (χ1) is 7.95. The van der Waals surface area contributed by atoms with Gasteiger partial charge in [0.15, 0.2) is 0 Å². The Balaban J connectivity index is 1.59. The second-order valence-corrected chi connectivity index (χ2v) is 3.79. The van der Waals surface area contributed by atoms with Gasteiger partial charge in [0.2, 0.25) is 0 Å². The highest BCUT2D eigenvalue weighted by Crippen LogP contribution is 2.05. The third-order valence-corrected chi connectivity index (χ3v) is 2.50. The van der Waals surface area contributed by atoms with Crippen molar-refractivity contribution >= 4 is 5.69 Å². The molecule has 16 heavy (non-hydrogen) atoms. The second kappa shape index (κ2) is 5.95. The van der Waals surface area contributed by atoms with Crippen LogP contribution in [-0.4, -0.2) is 16.5 Å². The van der Waals surface area contributed by atoms with E-state index in [0.29, 0.717) is 0 Å². The number of benzene rings is 1. The number of hydrogen-bond acceptors (Lipinski definition) is 2. The normalized spacial score (nSPS) is 10.2. The highest BCUT2D eigenvalue weighted by atomic mass is 14.9. The van der Waals surface area contributed by atoms with E-state index in [2.05, 4.69) is 27.4 Å². The fourth-order valence-corrected chi connectivity index (χ4v) is 1.64. The van der Waals surface area contributed by atoms with Crippen LogP contribution >= 0.6 is 0 Å². The van der Waals surface area contributed by atoms with Gasteiger partial charge in [0.05, 0.1) is 0 Å². The van der Waals surface area contributed by atoms with E-state index in [4.69, 9.17) is 0 Å². The van der Waals surface area contributed by atoms with E-state index in [0.717, 1.165) is 31.6 Å². The maximum absolute atomic E-state index is 4.20. The predicted octanol–water partition coefficient (Wildman–Crippen LogP) is 2.84. The van der Waals surface area contributed by atoms with Gasteiger partial charge in [0.1, 0.15) is 5.82 Å². The molecule has 0 bridgehead atoms. The van der Waals surface area contributed by atoms with Crippen LogP contribution in [-0.2, 0) is 6.42 Å². The van der Waals surface area contributed by atoms with Crippen LogP contribution in [0.2, 0.25) is 0 Å². The Labute approximate surface area is 95.9 Å². The second-order valence-electron chi connectivity index (χ2n) is 3.79. The lowest BCUT2D eigenvalue weighted by Crippen LogP contribution is -2.02. The van der Waals surface area contributed by atoms with Gasteiger partial charge in [-0.05, 0) is 25.0 Å². The summed E-state index contributed by atoms with van der Waals surface area (Å²) in [5, 5.41) is 3.39. The number of anilines is 1. The first-order valence-electron chi connectivity index (χ1n) is 5.72. The van der Waals surface area contributed by atoms with Crippen LogP contribution in [0, 0.1) is 0 Å². The summed E-state index contributed by atoms with van der Waals surface area (Å²) in [6.45, 7) is 1.02. The molecule has 1 heterocycles. The van der Waals surface area contributed by atoms with Crippen molar-refractivity contribution in [3.63, 3.8) is 0 Å². The summed E-state index contributed by atoms with van der Waals surface area (Å²) >= 11 is 0. The maximum atomic E-state index is 4.20. The van der Waals surface area contributed by atoms with E-state index in [1.165, 1.54) is 5.69 Å². The Hall–Kier alpha value is -1.77. The highest BCUT2D eigenvalue weighted by molar-refractivity contribution is 5.42. The molecule has 0 fully saturated rings. The lowest BCUT2D eigenvalue weighted by molar-refractivity contribution is 0.737. The van der Waals surface area contributed by atoms with Gasteiger partial charge in [-0.1, -0.05) is 18.2 Å². The number of aryl methyl sites for hydroxylation is 1. The molecule has 1 aromatic carbocycles. The maximum Gasteiger partial charge on any atom is 0.105 e. The van der Waals surface area contributed by atoms with Crippen molar-refractivity contribution in [1.82, 2.24) is 9.97 Å². The Morgan fingerprint density at radius 2 is 2.00 bits per heavy atom. The molecule has 0 unspecified atom stereocenters. The Morgan fingerprint density at radius 3 is 2.75 bits per heavy atom. The summed E-state index contributed by atoms with van der Waals surface area (Å²) in [6, 6.07) is 10.3. The number of para-hydroxylation sites is 1. The number of nitrogens with zero attached hydrogens (tertiary/aromatic N) is 1. The van der Waals surface area contributed by atoms with Crippen molar-refractivity contribution in [3.8, 4) is 0 Å². The number of aromatic amines is 1. The van der Waals surface area contributed by atoms with Crippen molar-refractivity contribution in [2.45, 2.75) is 19.3 Å². The van der Waals surface area contributed by atoms with Crippen molar-refractivity contribution < 1.29 is 0 Å². The number of rotatable bonds is 6. The molecule has 1 aromatic heterocycles. The largest absolute Gasteiger partial charge is 0.385 e. The topological polar surface area (TPSA) is 40.7 Å². The van der Waals surface area contributed by atoms with Crippen LogP contribution in [0.15, 0.2) is 42.7 Å². The molecule has 3 heteroatoms. The molecular weight excluding hydrogens is 198 g/mol. The minimum Gasteiger partial charge on any atom is -0.385 e. The summed E-state index contributed by atoms with van der Waals surface area (Å²) < 4.78 is 0. The van der Waals surface area contributed by atoms with E-state index in [9.17, 15) is 0 Å². The minimum atomic E-state index is 1.02. The summed E-state index contributed by atoms with van der Waals surface area (Å²) in [5.41, 5.74) is 1.19. The SMILES string of the molecule is c1ccc(NCCCCc2ncc[nH]2)cc1. The zero-order chi connectivity index (χ0) is 11.1. The molecule has 84 valence electrons. The van der Waals surface area contributed by atoms with E-state index >= 15 is 0 Å². The van der Waals surface area contributed by atoms with Crippen molar-refractivity contribution in [2.24, 2.45) is 0 Å². The molecule has 0 aliphatic rings. The lowest BCUT2D eigenvalue weighted by atomic mass is 10.2. The van der Waals surface area contributed by atoms with Crippen LogP contribution in [0.1, 0.15) is 18.7 Å². The molecule has 0 atom stereocenters. The third kappa shape index (κ3) is 3.42. The molecule has 0 aliphatic carbocycles. The molecule has 0 saturated heterocycles. The Kier molecular flexibility index (Phi) is 4.00. The van der Waals surface area contributed by atoms with Crippen LogP contribution in [0.5, 0.6) is 0 Å². The first kappa shape index (κ1) is 10.7. The van der Waals surface area contributed by atoms with Gasteiger partial charge >= 0.3 is 0 Å². The molecule has 0 radical (unpaired) electrons. The minimum absolute atomic E-state index is 1.02. The summed E-state index contributed by atoms with van der Waals surface area (Å²) in [7, 11) is 0. The molecule has 2 N–H and O–H groups in total. The van der Waals surface area contributed by atoms with Gasteiger partial charge in [-0.3, -0.25) is 0 Å². The quantitative estimate of drug-likeness (QED) is 0.727. The molecule has 2 rings (SSSR count). The van der Waals surface area contributed by atoms with Crippen LogP contribution < -0.4 is 5.32 Å². The van der Waals surface area contributed by atoms with Gasteiger partial charge in [-0.2, -0.15) is 0 Å². The van der Waals surface area contributed by atoms with E-state index in [-0.39, 0.29) is 0 Å². The Morgan fingerprint density at radius 1 is 1.12 bits per heavy atom. The zero-order valence-electron chi connectivity index (χ0n) is 9.32. The smallest absolute Gasteiger partial charge is 0.105 e. The molecule has 0 amide bonds. The number of hydrogen-bond donors (Lipinski definition) is 2. The van der Waals surface area contributed by atoms with E-state index < -0.39 is 0 Å². The number of imidazole rings is 1. The molecule has 2 aromatic rings. The van der Waals surface area contributed by atoms with Gasteiger partial charge in [0, 0.05) is 31.0 Å². The van der Waals surface area contributed by atoms with Gasteiger partial charge < -0.3 is 10.3 Å². The number of unbranched alkanes of at least 4 members (excludes halogenated alkanes) is 1. The number of nitrogens with one attached hydrogen (secondary N) is 2. The Bertz CT molecular complexity index is 381. The van der Waals surface area contributed by atoms with Crippen LogP contribution in [0.4, 0.5) is 5.69 Å². The van der Waals surface area contributed by atoms with Gasteiger partial charge in [-0.25, -0.2) is 4.98 Å². The van der Waals surface area contributed by atoms with Crippen molar-refractivity contribution in [3.05, 3.63) is 48.5 Å². The summed E-state index contributed by atoms with van der Waals surface area (Å²) in [4.78, 5) is 7.31. The predicted molar refractivity (Wildman–Crippen MR) is 66.5 cm³/mol. The fourth-order valence-electron chi connectivity index (χ4n) is 1.64. The number of H-pyrrole nitrogens is 1. The summed E-state index contributed by atoms with van der Waals surface area (Å²) in [6.07, 6.45) is 7.03. The average molecular weight is 215 g/mol. The van der Waals surface area contributed by atoms with Gasteiger partial charge in [-0.15, -0.1) is 0 Å². The molecule has 3 nitrogen and oxygen atoms in total. The van der Waals surface area contributed by atoms with Gasteiger partial charge in [0.25, 0.3) is 0 Å². The monoisotopic (exact) mass is 215 g/mol. The van der Waals surface area contributed by atoms with Crippen LogP contribution in [0.3, 0.4) is 0 Å². The standard InChI is InChI=1S/C13H17N3/c1-2-6-12(7-3-1)14-9-5-4-8-13-15-10-11-16-13/h1-3,6-7,10-11,14H,4-5,8-9H2,(H,15,16).